The first-order chi connectivity index (χ1) is 3.45. The van der Waals surface area contributed by atoms with Crippen molar-refractivity contribution in [1.29, 1.82) is 0 Å². The third-order valence-corrected chi connectivity index (χ3v) is 5.61. The monoisotopic (exact) mass is 154 g/mol. The summed E-state index contributed by atoms with van der Waals surface area (Å²) in [7, 11) is 0. The molecule has 2 radical (unpaired) electrons. The number of rotatable bonds is 0. The number of hydrogen-bond donors (Lipinski definition) is 0. The van der Waals surface area contributed by atoms with E-state index in [2.05, 4.69) is 12.2 Å². The van der Waals surface area contributed by atoms with Crippen LogP contribution in [0.5, 0.6) is 0 Å². The summed E-state index contributed by atoms with van der Waals surface area (Å²) in [5.74, 6) is 0. The van der Waals surface area contributed by atoms with Crippen LogP contribution in [0.2, 0.25) is 9.50 Å². The first kappa shape index (κ1) is 4.19. The van der Waals surface area contributed by atoms with Crippen molar-refractivity contribution in [3.63, 3.8) is 0 Å². The Hall–Kier alpha value is 0.283. The van der Waals surface area contributed by atoms with Gasteiger partial charge in [-0.25, -0.2) is 0 Å². The molecule has 2 rings (SSSR count). The van der Waals surface area contributed by atoms with Gasteiger partial charge in [0, 0.05) is 0 Å². The molecule has 1 saturated heterocycles. The fourth-order valence-electron chi connectivity index (χ4n) is 1.37. The van der Waals surface area contributed by atoms with Crippen LogP contribution in [-0.4, -0.2) is 15.4 Å². The Kier molecular flexibility index (Phi) is 0.825. The van der Waals surface area contributed by atoms with Gasteiger partial charge in [0.25, 0.3) is 0 Å². The third-order valence-electron chi connectivity index (χ3n) is 1.79. The molecular weight excluding hydrogens is 145 g/mol. The van der Waals surface area contributed by atoms with Gasteiger partial charge < -0.3 is 0 Å². The molecule has 1 fully saturated rings. The Morgan fingerprint density at radius 1 is 1.14 bits per heavy atom. The van der Waals surface area contributed by atoms with Crippen molar-refractivity contribution in [1.82, 2.24) is 0 Å². The Balaban J connectivity index is 2.27. The van der Waals surface area contributed by atoms with Crippen molar-refractivity contribution in [2.75, 3.05) is 0 Å². The van der Waals surface area contributed by atoms with Gasteiger partial charge in [0.15, 0.2) is 0 Å². The minimum absolute atomic E-state index is 0.500. The van der Waals surface area contributed by atoms with E-state index >= 15 is 0 Å². The molecule has 0 aromatic carbocycles. The second-order valence-electron chi connectivity index (χ2n) is 2.34. The Morgan fingerprint density at radius 3 is 1.86 bits per heavy atom. The average Bonchev–Trinajstić information content (AvgIpc) is 2.22. The molecule has 0 aromatic heterocycles. The van der Waals surface area contributed by atoms with Crippen LogP contribution in [0.15, 0.2) is 12.2 Å². The van der Waals surface area contributed by atoms with Crippen molar-refractivity contribution in [3.8, 4) is 0 Å². The van der Waals surface area contributed by atoms with Gasteiger partial charge >= 0.3 is 49.9 Å². The summed E-state index contributed by atoms with van der Waals surface area (Å²) in [6.07, 6.45) is 7.94. The second kappa shape index (κ2) is 1.38. The van der Waals surface area contributed by atoms with Gasteiger partial charge in [-0.3, -0.25) is 0 Å². The average molecular weight is 153 g/mol. The SMILES string of the molecule is C1=C[CH]2CC[CH]1[Ge]2. The number of allylic oxidation sites excluding steroid dienone is 2. The molecule has 0 aromatic rings. The normalized spacial score (nSPS) is 45.7. The molecule has 2 aliphatic rings. The fraction of sp³-hybridized carbons (Fsp3) is 0.667. The molecule has 36 valence electrons. The van der Waals surface area contributed by atoms with Crippen LogP contribution < -0.4 is 0 Å². The van der Waals surface area contributed by atoms with E-state index in [4.69, 9.17) is 0 Å². The second-order valence-corrected chi connectivity index (χ2v) is 6.15. The molecule has 0 nitrogen and oxygen atoms in total. The van der Waals surface area contributed by atoms with Gasteiger partial charge in [-0.1, -0.05) is 0 Å². The summed E-state index contributed by atoms with van der Waals surface area (Å²) in [5.41, 5.74) is 0. The third kappa shape index (κ3) is 0.565. The number of fused-ring (bicyclic) bond motifs is 2. The number of hydrogen-bond acceptors (Lipinski definition) is 0. The van der Waals surface area contributed by atoms with Crippen molar-refractivity contribution in [2.24, 2.45) is 0 Å². The molecule has 2 atom stereocenters. The summed E-state index contributed by atoms with van der Waals surface area (Å²) in [6.45, 7) is 0. The van der Waals surface area contributed by atoms with Gasteiger partial charge in [-0.05, 0) is 0 Å². The molecule has 2 unspecified atom stereocenters. The summed E-state index contributed by atoms with van der Waals surface area (Å²) < 4.78 is 2.23. The van der Waals surface area contributed by atoms with E-state index in [0.717, 1.165) is 9.50 Å². The van der Waals surface area contributed by atoms with Crippen LogP contribution in [-0.2, 0) is 0 Å². The minimum atomic E-state index is 0.500. The molecule has 2 aliphatic heterocycles. The van der Waals surface area contributed by atoms with E-state index in [0.29, 0.717) is 15.4 Å². The van der Waals surface area contributed by atoms with Crippen LogP contribution in [0.4, 0.5) is 0 Å². The van der Waals surface area contributed by atoms with Crippen LogP contribution in [0.25, 0.3) is 0 Å². The standard InChI is InChI=1S/C6H8Ge/c1-2-6-4-3-5(1)7-6/h1-2,5-6H,3-4H2. The molecule has 1 heteroatoms. The molecule has 7 heavy (non-hydrogen) atoms. The zero-order valence-electron chi connectivity index (χ0n) is 4.22. The van der Waals surface area contributed by atoms with Gasteiger partial charge in [0.2, 0.25) is 0 Å². The van der Waals surface area contributed by atoms with Crippen molar-refractivity contribution in [3.05, 3.63) is 12.2 Å². The van der Waals surface area contributed by atoms with Gasteiger partial charge in [-0.2, -0.15) is 0 Å². The quantitative estimate of drug-likeness (QED) is 0.366. The summed E-state index contributed by atoms with van der Waals surface area (Å²) >= 11 is 0.500. The van der Waals surface area contributed by atoms with E-state index in [-0.39, 0.29) is 0 Å². The van der Waals surface area contributed by atoms with Gasteiger partial charge in [0.1, 0.15) is 0 Å². The summed E-state index contributed by atoms with van der Waals surface area (Å²) in [4.78, 5) is 0. The van der Waals surface area contributed by atoms with Crippen LogP contribution in [0.1, 0.15) is 12.8 Å². The van der Waals surface area contributed by atoms with E-state index in [1.54, 1.807) is 0 Å². The summed E-state index contributed by atoms with van der Waals surface area (Å²) in [5, 5.41) is 0. The van der Waals surface area contributed by atoms with Crippen molar-refractivity contribution >= 4 is 15.4 Å². The maximum atomic E-state index is 2.44. The molecule has 2 heterocycles. The predicted octanol–water partition coefficient (Wildman–Crippen LogP) is 1.63. The molecular formula is C6H8Ge. The van der Waals surface area contributed by atoms with Gasteiger partial charge in [-0.15, -0.1) is 0 Å². The molecule has 2 bridgehead atoms. The van der Waals surface area contributed by atoms with E-state index < -0.39 is 0 Å². The predicted molar refractivity (Wildman–Crippen MR) is 31.6 cm³/mol. The Morgan fingerprint density at radius 2 is 1.71 bits per heavy atom. The molecule has 0 amide bonds. The fourth-order valence-corrected chi connectivity index (χ4v) is 4.86. The molecule has 0 aliphatic carbocycles. The van der Waals surface area contributed by atoms with E-state index in [9.17, 15) is 0 Å². The van der Waals surface area contributed by atoms with Crippen molar-refractivity contribution < 1.29 is 0 Å². The van der Waals surface area contributed by atoms with E-state index in [1.165, 1.54) is 12.8 Å². The van der Waals surface area contributed by atoms with Crippen LogP contribution in [0.3, 0.4) is 0 Å². The zero-order chi connectivity index (χ0) is 4.69. The van der Waals surface area contributed by atoms with E-state index in [1.807, 2.05) is 0 Å². The Bertz CT molecular complexity index is 94.7. The first-order valence-corrected chi connectivity index (χ1v) is 5.32. The Labute approximate surface area is 50.5 Å². The topological polar surface area (TPSA) is 0 Å². The van der Waals surface area contributed by atoms with Crippen molar-refractivity contribution in [2.45, 2.75) is 22.3 Å². The molecule has 0 saturated carbocycles. The molecule has 0 spiro atoms. The van der Waals surface area contributed by atoms with Crippen LogP contribution >= 0.6 is 0 Å². The maximum absolute atomic E-state index is 2.44. The summed E-state index contributed by atoms with van der Waals surface area (Å²) in [6, 6.07) is 0. The van der Waals surface area contributed by atoms with Gasteiger partial charge in [0.05, 0.1) is 0 Å². The molecule has 0 N–H and O–H groups in total. The zero-order valence-corrected chi connectivity index (χ0v) is 6.32. The van der Waals surface area contributed by atoms with Crippen LogP contribution in [0, 0.1) is 0 Å². The first-order valence-electron chi connectivity index (χ1n) is 2.89.